The van der Waals surface area contributed by atoms with Crippen molar-refractivity contribution in [2.75, 3.05) is 26.7 Å². The van der Waals surface area contributed by atoms with Crippen LogP contribution in [-0.4, -0.2) is 59.5 Å². The molecule has 3 unspecified atom stereocenters. The molecular formula is C15H26N2O3. The summed E-state index contributed by atoms with van der Waals surface area (Å²) >= 11 is 0. The molecule has 2 fully saturated rings. The fraction of sp³-hybridized carbons (Fsp3) is 0.867. The third kappa shape index (κ3) is 3.14. The van der Waals surface area contributed by atoms with E-state index in [1.54, 1.807) is 0 Å². The average molecular weight is 282 g/mol. The van der Waals surface area contributed by atoms with Gasteiger partial charge < -0.3 is 14.9 Å². The lowest BCUT2D eigenvalue weighted by molar-refractivity contribution is -0.155. The van der Waals surface area contributed by atoms with Gasteiger partial charge in [-0.05, 0) is 51.7 Å². The van der Waals surface area contributed by atoms with E-state index in [0.717, 1.165) is 32.5 Å². The molecule has 114 valence electrons. The lowest BCUT2D eigenvalue weighted by atomic mass is 9.80. The van der Waals surface area contributed by atoms with Gasteiger partial charge in [0.1, 0.15) is 0 Å². The Bertz CT molecular complexity index is 377. The SMILES string of the molecule is CC1CC(=O)N(CC2CCN(C)CC2)C(C)C1C(=O)O. The van der Waals surface area contributed by atoms with Crippen molar-refractivity contribution in [3.05, 3.63) is 0 Å². The zero-order valence-electron chi connectivity index (χ0n) is 12.7. The smallest absolute Gasteiger partial charge is 0.308 e. The Morgan fingerprint density at radius 1 is 1.30 bits per heavy atom. The van der Waals surface area contributed by atoms with Crippen LogP contribution >= 0.6 is 0 Å². The Morgan fingerprint density at radius 3 is 2.45 bits per heavy atom. The van der Waals surface area contributed by atoms with E-state index < -0.39 is 11.9 Å². The number of carbonyl (C=O) groups is 2. The van der Waals surface area contributed by atoms with E-state index in [2.05, 4.69) is 11.9 Å². The van der Waals surface area contributed by atoms with E-state index in [4.69, 9.17) is 0 Å². The molecule has 2 rings (SSSR count). The first-order valence-electron chi connectivity index (χ1n) is 7.61. The fourth-order valence-electron chi connectivity index (χ4n) is 3.66. The molecule has 3 atom stereocenters. The summed E-state index contributed by atoms with van der Waals surface area (Å²) in [6.07, 6.45) is 2.56. The van der Waals surface area contributed by atoms with Crippen LogP contribution in [0.3, 0.4) is 0 Å². The molecular weight excluding hydrogens is 256 g/mol. The van der Waals surface area contributed by atoms with E-state index in [9.17, 15) is 14.7 Å². The number of carboxylic acid groups (broad SMARTS) is 1. The van der Waals surface area contributed by atoms with Gasteiger partial charge in [0.2, 0.25) is 5.91 Å². The van der Waals surface area contributed by atoms with Gasteiger partial charge in [-0.3, -0.25) is 9.59 Å². The van der Waals surface area contributed by atoms with Gasteiger partial charge >= 0.3 is 5.97 Å². The van der Waals surface area contributed by atoms with E-state index in [-0.39, 0.29) is 17.9 Å². The summed E-state index contributed by atoms with van der Waals surface area (Å²) in [7, 11) is 2.12. The van der Waals surface area contributed by atoms with Gasteiger partial charge in [-0.25, -0.2) is 0 Å². The third-order valence-corrected chi connectivity index (χ3v) is 5.02. The maximum atomic E-state index is 12.2. The number of piperidine rings is 2. The molecule has 1 N–H and O–H groups in total. The van der Waals surface area contributed by atoms with Gasteiger partial charge in [-0.2, -0.15) is 0 Å². The van der Waals surface area contributed by atoms with Gasteiger partial charge in [0.05, 0.1) is 5.92 Å². The molecule has 2 aliphatic heterocycles. The molecule has 20 heavy (non-hydrogen) atoms. The molecule has 0 saturated carbocycles. The molecule has 0 spiro atoms. The highest BCUT2D eigenvalue weighted by Crippen LogP contribution is 2.31. The average Bonchev–Trinajstić information content (AvgIpc) is 2.36. The Morgan fingerprint density at radius 2 is 1.90 bits per heavy atom. The molecule has 0 aromatic carbocycles. The predicted molar refractivity (Wildman–Crippen MR) is 76.3 cm³/mol. The van der Waals surface area contributed by atoms with Crippen LogP contribution in [0.15, 0.2) is 0 Å². The number of nitrogens with zero attached hydrogens (tertiary/aromatic N) is 2. The van der Waals surface area contributed by atoms with Crippen molar-refractivity contribution >= 4 is 11.9 Å². The molecule has 5 heteroatoms. The molecule has 0 aromatic rings. The highest BCUT2D eigenvalue weighted by Gasteiger charge is 2.42. The molecule has 0 radical (unpaired) electrons. The second kappa shape index (κ2) is 6.12. The zero-order chi connectivity index (χ0) is 14.9. The Balaban J connectivity index is 2.02. The Kier molecular flexibility index (Phi) is 4.68. The van der Waals surface area contributed by atoms with Gasteiger partial charge in [-0.1, -0.05) is 6.92 Å². The topological polar surface area (TPSA) is 60.9 Å². The molecule has 2 heterocycles. The van der Waals surface area contributed by atoms with Gasteiger partial charge in [0.15, 0.2) is 0 Å². The van der Waals surface area contributed by atoms with Crippen molar-refractivity contribution in [3.8, 4) is 0 Å². The van der Waals surface area contributed by atoms with Crippen LogP contribution in [-0.2, 0) is 9.59 Å². The number of hydrogen-bond acceptors (Lipinski definition) is 3. The first-order chi connectivity index (χ1) is 9.40. The summed E-state index contributed by atoms with van der Waals surface area (Å²) in [5.41, 5.74) is 0. The van der Waals surface area contributed by atoms with E-state index in [1.165, 1.54) is 0 Å². The molecule has 1 amide bonds. The number of carbonyl (C=O) groups excluding carboxylic acids is 1. The van der Waals surface area contributed by atoms with E-state index in [0.29, 0.717) is 12.3 Å². The second-order valence-electron chi connectivity index (χ2n) is 6.58. The zero-order valence-corrected chi connectivity index (χ0v) is 12.7. The van der Waals surface area contributed by atoms with Gasteiger partial charge in [-0.15, -0.1) is 0 Å². The second-order valence-corrected chi connectivity index (χ2v) is 6.58. The first-order valence-corrected chi connectivity index (χ1v) is 7.61. The van der Waals surface area contributed by atoms with Crippen molar-refractivity contribution < 1.29 is 14.7 Å². The van der Waals surface area contributed by atoms with Crippen LogP contribution in [0.25, 0.3) is 0 Å². The molecule has 0 aromatic heterocycles. The molecule has 0 aliphatic carbocycles. The molecule has 2 saturated heterocycles. The molecule has 0 bridgehead atoms. The summed E-state index contributed by atoms with van der Waals surface area (Å²) < 4.78 is 0. The fourth-order valence-corrected chi connectivity index (χ4v) is 3.66. The molecule has 5 nitrogen and oxygen atoms in total. The van der Waals surface area contributed by atoms with Crippen LogP contribution < -0.4 is 0 Å². The Hall–Kier alpha value is -1.10. The monoisotopic (exact) mass is 282 g/mol. The number of rotatable bonds is 3. The minimum absolute atomic E-state index is 0.0660. The number of amides is 1. The number of hydrogen-bond donors (Lipinski definition) is 1. The van der Waals surface area contributed by atoms with Crippen molar-refractivity contribution in [2.45, 2.75) is 39.2 Å². The largest absolute Gasteiger partial charge is 0.481 e. The van der Waals surface area contributed by atoms with Gasteiger partial charge in [0.25, 0.3) is 0 Å². The first kappa shape index (κ1) is 15.3. The summed E-state index contributed by atoms with van der Waals surface area (Å²) in [5.74, 6) is -0.629. The van der Waals surface area contributed by atoms with Crippen LogP contribution in [0.5, 0.6) is 0 Å². The van der Waals surface area contributed by atoms with Crippen molar-refractivity contribution in [1.82, 2.24) is 9.80 Å². The quantitative estimate of drug-likeness (QED) is 0.847. The highest BCUT2D eigenvalue weighted by molar-refractivity contribution is 5.81. The van der Waals surface area contributed by atoms with Gasteiger partial charge in [0, 0.05) is 19.0 Å². The maximum absolute atomic E-state index is 12.2. The van der Waals surface area contributed by atoms with E-state index in [1.807, 2.05) is 18.7 Å². The van der Waals surface area contributed by atoms with Crippen molar-refractivity contribution in [1.29, 1.82) is 0 Å². The summed E-state index contributed by atoms with van der Waals surface area (Å²) in [5, 5.41) is 9.38. The number of aliphatic carboxylic acids is 1. The maximum Gasteiger partial charge on any atom is 0.308 e. The number of carboxylic acids is 1. The van der Waals surface area contributed by atoms with Crippen molar-refractivity contribution in [3.63, 3.8) is 0 Å². The normalized spacial score (nSPS) is 33.5. The molecule has 2 aliphatic rings. The standard InChI is InChI=1S/C15H26N2O3/c1-10-8-13(18)17(11(2)14(10)15(19)20)9-12-4-6-16(3)7-5-12/h10-12,14H,4-9H2,1-3H3,(H,19,20). The summed E-state index contributed by atoms with van der Waals surface area (Å²) in [4.78, 5) is 27.8. The van der Waals surface area contributed by atoms with Crippen LogP contribution in [0, 0.1) is 17.8 Å². The summed E-state index contributed by atoms with van der Waals surface area (Å²) in [6.45, 7) is 6.63. The lowest BCUT2D eigenvalue weighted by Crippen LogP contribution is -2.54. The van der Waals surface area contributed by atoms with E-state index >= 15 is 0 Å². The summed E-state index contributed by atoms with van der Waals surface area (Å²) in [6, 6.07) is -0.191. The van der Waals surface area contributed by atoms with Crippen LogP contribution in [0.1, 0.15) is 33.1 Å². The minimum Gasteiger partial charge on any atom is -0.481 e. The van der Waals surface area contributed by atoms with Crippen LogP contribution in [0.2, 0.25) is 0 Å². The third-order valence-electron chi connectivity index (χ3n) is 5.02. The van der Waals surface area contributed by atoms with Crippen LogP contribution in [0.4, 0.5) is 0 Å². The number of likely N-dealkylation sites (tertiary alicyclic amines) is 2. The Labute approximate surface area is 120 Å². The predicted octanol–water partition coefficient (Wildman–Crippen LogP) is 1.29. The van der Waals surface area contributed by atoms with Crippen molar-refractivity contribution in [2.24, 2.45) is 17.8 Å². The minimum atomic E-state index is -0.772. The lowest BCUT2D eigenvalue weighted by Gasteiger charge is -2.43. The highest BCUT2D eigenvalue weighted by atomic mass is 16.4.